The van der Waals surface area contributed by atoms with E-state index >= 15 is 0 Å². The largest absolute Gasteiger partial charge is 1.00 e. The molecule has 0 aliphatic carbocycles. The third-order valence-corrected chi connectivity index (χ3v) is 1.26. The van der Waals surface area contributed by atoms with Gasteiger partial charge in [0.2, 0.25) is 0 Å². The Bertz CT molecular complexity index is 184. The number of benzene rings is 1. The molecule has 0 aliphatic rings. The molecule has 0 aliphatic heterocycles. The van der Waals surface area contributed by atoms with Gasteiger partial charge in [-0.3, -0.25) is 0 Å². The van der Waals surface area contributed by atoms with Crippen molar-refractivity contribution in [3.05, 3.63) is 35.9 Å². The summed E-state index contributed by atoms with van der Waals surface area (Å²) in [6.45, 7) is 0.973. The van der Waals surface area contributed by atoms with Gasteiger partial charge in [-0.05, 0) is 14.1 Å². The second kappa shape index (κ2) is 5.43. The van der Waals surface area contributed by atoms with E-state index in [9.17, 15) is 0 Å². The molecule has 1 aromatic carbocycles. The summed E-state index contributed by atoms with van der Waals surface area (Å²) in [6, 6.07) is 11.2. The Balaban J connectivity index is 0.000001000. The smallest absolute Gasteiger partial charge is 0.307 e. The molecule has 0 saturated carbocycles. The van der Waals surface area contributed by atoms with E-state index in [0.29, 0.717) is 0 Å². The van der Waals surface area contributed by atoms with Crippen LogP contribution in [0.3, 0.4) is 0 Å². The van der Waals surface area contributed by atoms with E-state index in [-0.39, 0.29) is 18.9 Å². The predicted octanol–water partition coefficient (Wildman–Crippen LogP) is -1.45. The van der Waals surface area contributed by atoms with Crippen LogP contribution in [0.15, 0.2) is 24.3 Å². The van der Waals surface area contributed by atoms with Gasteiger partial charge in [-0.15, -0.1) is 5.56 Å². The minimum atomic E-state index is 0. The average Bonchev–Trinajstić information content (AvgIpc) is 1.88. The van der Waals surface area contributed by atoms with E-state index in [1.165, 1.54) is 5.56 Å². The van der Waals surface area contributed by atoms with E-state index in [4.69, 9.17) is 0 Å². The van der Waals surface area contributed by atoms with Gasteiger partial charge >= 0.3 is 18.9 Å². The van der Waals surface area contributed by atoms with Crippen LogP contribution in [0.4, 0.5) is 0 Å². The van der Waals surface area contributed by atoms with Gasteiger partial charge in [0, 0.05) is 6.54 Å². The zero-order chi connectivity index (χ0) is 7.40. The van der Waals surface area contributed by atoms with Crippen LogP contribution in [0.2, 0.25) is 0 Å². The number of nitrogens with zero attached hydrogens (tertiary/aromatic N) is 1. The predicted molar refractivity (Wildman–Crippen MR) is 42.7 cm³/mol. The third kappa shape index (κ3) is 4.26. The second-order valence-electron chi connectivity index (χ2n) is 2.63. The molecule has 0 amide bonds. The van der Waals surface area contributed by atoms with Crippen molar-refractivity contribution < 1.29 is 18.9 Å². The summed E-state index contributed by atoms with van der Waals surface area (Å²) in [5.41, 5.74) is 1.24. The van der Waals surface area contributed by atoms with Crippen LogP contribution in [0, 0.1) is 6.07 Å². The van der Waals surface area contributed by atoms with Gasteiger partial charge in [0.15, 0.2) is 0 Å². The molecule has 1 aromatic rings. The topological polar surface area (TPSA) is 3.24 Å². The fourth-order valence-electron chi connectivity index (χ4n) is 0.870. The van der Waals surface area contributed by atoms with E-state index in [0.717, 1.165) is 6.54 Å². The normalized spacial score (nSPS) is 9.36. The van der Waals surface area contributed by atoms with Gasteiger partial charge < -0.3 is 4.90 Å². The molecule has 1 nitrogen and oxygen atoms in total. The average molecular weight is 141 g/mol. The van der Waals surface area contributed by atoms with Crippen LogP contribution in [-0.4, -0.2) is 19.0 Å². The Hall–Kier alpha value is -0.223. The van der Waals surface area contributed by atoms with E-state index in [1.54, 1.807) is 0 Å². The molecule has 1 rings (SSSR count). The molecule has 0 heterocycles. The molecule has 0 spiro atoms. The van der Waals surface area contributed by atoms with Crippen molar-refractivity contribution >= 4 is 0 Å². The number of hydrogen-bond acceptors (Lipinski definition) is 1. The summed E-state index contributed by atoms with van der Waals surface area (Å²) >= 11 is 0. The fourth-order valence-corrected chi connectivity index (χ4v) is 0.870. The first-order valence-corrected chi connectivity index (χ1v) is 3.39. The SMILES string of the molecule is CN(C)Cc1[c-]cccc1.[Li+]. The summed E-state index contributed by atoms with van der Waals surface area (Å²) < 4.78 is 0. The van der Waals surface area contributed by atoms with Crippen LogP contribution in [0.25, 0.3) is 0 Å². The Morgan fingerprint density at radius 2 is 2.09 bits per heavy atom. The van der Waals surface area contributed by atoms with Crippen molar-refractivity contribution in [2.45, 2.75) is 6.54 Å². The van der Waals surface area contributed by atoms with Crippen molar-refractivity contribution in [2.75, 3.05) is 14.1 Å². The van der Waals surface area contributed by atoms with Gasteiger partial charge in [0.05, 0.1) is 0 Å². The molecule has 0 fully saturated rings. The van der Waals surface area contributed by atoms with Crippen molar-refractivity contribution in [3.8, 4) is 0 Å². The minimum absolute atomic E-state index is 0. The Labute approximate surface area is 80.6 Å². The third-order valence-electron chi connectivity index (χ3n) is 1.26. The molecule has 0 aromatic heterocycles. The molecule has 11 heavy (non-hydrogen) atoms. The second-order valence-corrected chi connectivity index (χ2v) is 2.63. The van der Waals surface area contributed by atoms with Crippen LogP contribution >= 0.6 is 0 Å². The van der Waals surface area contributed by atoms with Crippen molar-refractivity contribution in [1.82, 2.24) is 4.90 Å². The Morgan fingerprint density at radius 1 is 1.36 bits per heavy atom. The standard InChI is InChI=1S/C9H12N.Li/c1-10(2)8-9-6-4-3-5-7-9;/h3-6H,8H2,1-2H3;/q-1;+1. The molecular weight excluding hydrogens is 129 g/mol. The van der Waals surface area contributed by atoms with E-state index < -0.39 is 0 Å². The quantitative estimate of drug-likeness (QED) is 0.360. The van der Waals surface area contributed by atoms with Gasteiger partial charge in [-0.2, -0.15) is 30.3 Å². The van der Waals surface area contributed by atoms with Crippen LogP contribution < -0.4 is 18.9 Å². The van der Waals surface area contributed by atoms with Crippen molar-refractivity contribution in [3.63, 3.8) is 0 Å². The molecule has 0 unspecified atom stereocenters. The zero-order valence-corrected chi connectivity index (χ0v) is 7.46. The number of rotatable bonds is 2. The summed E-state index contributed by atoms with van der Waals surface area (Å²) in [5, 5.41) is 0. The van der Waals surface area contributed by atoms with E-state index in [2.05, 4.69) is 31.1 Å². The summed E-state index contributed by atoms with van der Waals surface area (Å²) in [4.78, 5) is 2.13. The summed E-state index contributed by atoms with van der Waals surface area (Å²) in [7, 11) is 4.11. The molecular formula is C9H12LiN. The Kier molecular flexibility index (Phi) is 5.32. The monoisotopic (exact) mass is 141 g/mol. The summed E-state index contributed by atoms with van der Waals surface area (Å²) in [6.07, 6.45) is 0. The maximum absolute atomic E-state index is 3.16. The molecule has 2 heteroatoms. The molecule has 0 atom stereocenters. The zero-order valence-electron chi connectivity index (χ0n) is 7.46. The van der Waals surface area contributed by atoms with Crippen LogP contribution in [0.5, 0.6) is 0 Å². The van der Waals surface area contributed by atoms with Gasteiger partial charge in [-0.25, -0.2) is 0 Å². The first-order valence-electron chi connectivity index (χ1n) is 3.39. The van der Waals surface area contributed by atoms with Crippen LogP contribution in [0.1, 0.15) is 5.56 Å². The van der Waals surface area contributed by atoms with Gasteiger partial charge in [-0.1, -0.05) is 0 Å². The first kappa shape index (κ1) is 10.8. The van der Waals surface area contributed by atoms with Crippen molar-refractivity contribution in [2.24, 2.45) is 0 Å². The molecule has 0 saturated heterocycles. The van der Waals surface area contributed by atoms with E-state index in [1.807, 2.05) is 18.2 Å². The van der Waals surface area contributed by atoms with Crippen LogP contribution in [-0.2, 0) is 6.54 Å². The first-order chi connectivity index (χ1) is 4.79. The summed E-state index contributed by atoms with van der Waals surface area (Å²) in [5.74, 6) is 0. The van der Waals surface area contributed by atoms with Gasteiger partial charge in [0.1, 0.15) is 0 Å². The minimum Gasteiger partial charge on any atom is -0.307 e. The molecule has 0 bridgehead atoms. The fraction of sp³-hybridized carbons (Fsp3) is 0.333. The molecule has 0 radical (unpaired) electrons. The molecule has 54 valence electrons. The number of hydrogen-bond donors (Lipinski definition) is 0. The van der Waals surface area contributed by atoms with Gasteiger partial charge in [0.25, 0.3) is 0 Å². The maximum Gasteiger partial charge on any atom is 1.00 e. The molecule has 0 N–H and O–H groups in total. The Morgan fingerprint density at radius 3 is 2.55 bits per heavy atom. The van der Waals surface area contributed by atoms with Crippen molar-refractivity contribution in [1.29, 1.82) is 0 Å². The maximum atomic E-state index is 3.16.